The van der Waals surface area contributed by atoms with Crippen molar-refractivity contribution in [1.82, 2.24) is 0 Å². The minimum Gasteiger partial charge on any atom is -0.368 e. The maximum atomic E-state index is 10.8. The Balaban J connectivity index is 4.45. The molecule has 12 heavy (non-hydrogen) atoms. The molecule has 0 aliphatic carbocycles. The summed E-state index contributed by atoms with van der Waals surface area (Å²) < 4.78 is 0. The zero-order valence-electron chi connectivity index (χ0n) is 8.38. The number of rotatable bonds is 2. The molecule has 0 aromatic rings. The number of carbonyl (C=O) groups is 1. The van der Waals surface area contributed by atoms with E-state index in [0.29, 0.717) is 0 Å². The van der Waals surface area contributed by atoms with E-state index in [4.69, 9.17) is 5.73 Å². The Morgan fingerprint density at radius 1 is 1.08 bits per heavy atom. The van der Waals surface area contributed by atoms with Crippen LogP contribution in [0.1, 0.15) is 34.6 Å². The second-order valence-electron chi connectivity index (χ2n) is 4.29. The molecule has 0 fully saturated rings. The molecule has 0 saturated carbocycles. The van der Waals surface area contributed by atoms with E-state index in [2.05, 4.69) is 10.2 Å². The lowest BCUT2D eigenvalue weighted by Gasteiger charge is -2.16. The SMILES string of the molecule is CC(C)(C)/N=N/C(C)(C)C(N)=O. The molecule has 1 amide bonds. The van der Waals surface area contributed by atoms with E-state index in [0.717, 1.165) is 0 Å². The molecular weight excluding hydrogens is 154 g/mol. The van der Waals surface area contributed by atoms with E-state index < -0.39 is 11.4 Å². The van der Waals surface area contributed by atoms with E-state index in [1.54, 1.807) is 13.8 Å². The predicted octanol–water partition coefficient (Wildman–Crippen LogP) is 1.50. The Kier molecular flexibility index (Phi) is 2.96. The van der Waals surface area contributed by atoms with Crippen LogP contribution in [-0.4, -0.2) is 17.0 Å². The van der Waals surface area contributed by atoms with Crippen molar-refractivity contribution in [3.63, 3.8) is 0 Å². The van der Waals surface area contributed by atoms with E-state index in [1.165, 1.54) is 0 Å². The molecule has 0 aliphatic rings. The van der Waals surface area contributed by atoms with Crippen LogP contribution >= 0.6 is 0 Å². The molecule has 0 aliphatic heterocycles. The minimum atomic E-state index is -0.896. The first-order chi connectivity index (χ1) is 5.15. The van der Waals surface area contributed by atoms with Gasteiger partial charge in [0.25, 0.3) is 0 Å². The Morgan fingerprint density at radius 2 is 1.50 bits per heavy atom. The highest BCUT2D eigenvalue weighted by Gasteiger charge is 2.24. The third-order valence-corrected chi connectivity index (χ3v) is 1.20. The van der Waals surface area contributed by atoms with Gasteiger partial charge >= 0.3 is 0 Å². The topological polar surface area (TPSA) is 67.8 Å². The molecule has 0 unspecified atom stereocenters. The lowest BCUT2D eigenvalue weighted by atomic mass is 10.1. The van der Waals surface area contributed by atoms with Crippen molar-refractivity contribution in [2.45, 2.75) is 45.7 Å². The molecule has 0 spiro atoms. The third-order valence-electron chi connectivity index (χ3n) is 1.20. The summed E-state index contributed by atoms with van der Waals surface area (Å²) in [7, 11) is 0. The molecule has 70 valence electrons. The van der Waals surface area contributed by atoms with Crippen LogP contribution in [0.4, 0.5) is 0 Å². The lowest BCUT2D eigenvalue weighted by molar-refractivity contribution is -0.122. The van der Waals surface area contributed by atoms with E-state index in [1.807, 2.05) is 20.8 Å². The van der Waals surface area contributed by atoms with Gasteiger partial charge in [-0.1, -0.05) is 0 Å². The summed E-state index contributed by atoms with van der Waals surface area (Å²) in [5, 5.41) is 7.85. The fourth-order valence-corrected chi connectivity index (χ4v) is 0.324. The van der Waals surface area contributed by atoms with Crippen LogP contribution in [0, 0.1) is 0 Å². The van der Waals surface area contributed by atoms with Gasteiger partial charge in [0.05, 0.1) is 5.54 Å². The first-order valence-corrected chi connectivity index (χ1v) is 3.89. The van der Waals surface area contributed by atoms with Gasteiger partial charge in [-0.3, -0.25) is 4.79 Å². The fraction of sp³-hybridized carbons (Fsp3) is 0.875. The molecule has 0 radical (unpaired) electrons. The van der Waals surface area contributed by atoms with Crippen molar-refractivity contribution in [3.05, 3.63) is 0 Å². The van der Waals surface area contributed by atoms with Crippen molar-refractivity contribution < 1.29 is 4.79 Å². The standard InChI is InChI=1S/C8H17N3O/c1-7(2,3)10-11-8(4,5)6(9)12/h1-5H3,(H2,9,12)/b11-10+. The molecular formula is C8H17N3O. The normalized spacial score (nSPS) is 13.8. The van der Waals surface area contributed by atoms with E-state index >= 15 is 0 Å². The number of hydrogen-bond acceptors (Lipinski definition) is 3. The molecule has 2 N–H and O–H groups in total. The lowest BCUT2D eigenvalue weighted by Crippen LogP contribution is -2.36. The Bertz CT molecular complexity index is 201. The maximum absolute atomic E-state index is 10.8. The van der Waals surface area contributed by atoms with Crippen molar-refractivity contribution in [1.29, 1.82) is 0 Å². The van der Waals surface area contributed by atoms with E-state index in [-0.39, 0.29) is 5.54 Å². The number of nitrogens with zero attached hydrogens (tertiary/aromatic N) is 2. The van der Waals surface area contributed by atoms with Crippen LogP contribution in [0.3, 0.4) is 0 Å². The van der Waals surface area contributed by atoms with E-state index in [9.17, 15) is 4.79 Å². The van der Waals surface area contributed by atoms with Gasteiger partial charge < -0.3 is 5.73 Å². The fourth-order valence-electron chi connectivity index (χ4n) is 0.324. The molecule has 0 aromatic heterocycles. The highest BCUT2D eigenvalue weighted by molar-refractivity contribution is 5.83. The smallest absolute Gasteiger partial charge is 0.246 e. The zero-order chi connectivity index (χ0) is 9.99. The van der Waals surface area contributed by atoms with Gasteiger partial charge in [0.15, 0.2) is 5.54 Å². The molecule has 0 aromatic carbocycles. The summed E-state index contributed by atoms with van der Waals surface area (Å²) in [6.07, 6.45) is 0. The maximum Gasteiger partial charge on any atom is 0.246 e. The number of carbonyl (C=O) groups excluding carboxylic acids is 1. The van der Waals surface area contributed by atoms with Gasteiger partial charge in [-0.2, -0.15) is 10.2 Å². The monoisotopic (exact) mass is 171 g/mol. The van der Waals surface area contributed by atoms with Crippen molar-refractivity contribution >= 4 is 5.91 Å². The van der Waals surface area contributed by atoms with Gasteiger partial charge in [0, 0.05) is 0 Å². The summed E-state index contributed by atoms with van der Waals surface area (Å²) in [5.74, 6) is -0.462. The Labute approximate surface area is 73.2 Å². The molecule has 4 heteroatoms. The number of azo groups is 1. The van der Waals surface area contributed by atoms with Crippen LogP contribution in [0.5, 0.6) is 0 Å². The van der Waals surface area contributed by atoms with Crippen LogP contribution in [0.25, 0.3) is 0 Å². The number of nitrogens with two attached hydrogens (primary N) is 1. The molecule has 0 bridgehead atoms. The van der Waals surface area contributed by atoms with Crippen molar-refractivity contribution in [2.75, 3.05) is 0 Å². The molecule has 0 atom stereocenters. The van der Waals surface area contributed by atoms with Crippen molar-refractivity contribution in [3.8, 4) is 0 Å². The van der Waals surface area contributed by atoms with Gasteiger partial charge in [0.1, 0.15) is 0 Å². The molecule has 0 rings (SSSR count). The largest absolute Gasteiger partial charge is 0.368 e. The van der Waals surface area contributed by atoms with Crippen LogP contribution in [0.15, 0.2) is 10.2 Å². The Morgan fingerprint density at radius 3 is 1.75 bits per heavy atom. The summed E-state index contributed by atoms with van der Waals surface area (Å²) in [4.78, 5) is 10.8. The first kappa shape index (κ1) is 11.1. The third kappa shape index (κ3) is 4.05. The molecule has 0 heterocycles. The summed E-state index contributed by atoms with van der Waals surface area (Å²) >= 11 is 0. The van der Waals surface area contributed by atoms with Gasteiger partial charge in [-0.25, -0.2) is 0 Å². The predicted molar refractivity (Wildman–Crippen MR) is 47.9 cm³/mol. The highest BCUT2D eigenvalue weighted by Crippen LogP contribution is 2.14. The Hall–Kier alpha value is -0.930. The number of amides is 1. The quantitative estimate of drug-likeness (QED) is 0.628. The molecule has 0 saturated heterocycles. The average molecular weight is 171 g/mol. The first-order valence-electron chi connectivity index (χ1n) is 3.89. The number of primary amides is 1. The zero-order valence-corrected chi connectivity index (χ0v) is 8.38. The molecule has 4 nitrogen and oxygen atoms in total. The highest BCUT2D eigenvalue weighted by atomic mass is 16.1. The van der Waals surface area contributed by atoms with Gasteiger partial charge in [-0.05, 0) is 34.6 Å². The summed E-state index contributed by atoms with van der Waals surface area (Å²) in [6, 6.07) is 0. The van der Waals surface area contributed by atoms with Crippen LogP contribution in [-0.2, 0) is 4.79 Å². The average Bonchev–Trinajstić information content (AvgIpc) is 1.82. The second kappa shape index (κ2) is 3.21. The number of hydrogen-bond donors (Lipinski definition) is 1. The van der Waals surface area contributed by atoms with Gasteiger partial charge in [-0.15, -0.1) is 0 Å². The minimum absolute atomic E-state index is 0.257. The van der Waals surface area contributed by atoms with Gasteiger partial charge in [0.2, 0.25) is 5.91 Å². The second-order valence-corrected chi connectivity index (χ2v) is 4.29. The van der Waals surface area contributed by atoms with Crippen LogP contribution < -0.4 is 5.73 Å². The summed E-state index contributed by atoms with van der Waals surface area (Å²) in [6.45, 7) is 9.02. The summed E-state index contributed by atoms with van der Waals surface area (Å²) in [5.41, 5.74) is 3.95. The van der Waals surface area contributed by atoms with Crippen LogP contribution in [0.2, 0.25) is 0 Å². The van der Waals surface area contributed by atoms with Crippen molar-refractivity contribution in [2.24, 2.45) is 16.0 Å².